The Morgan fingerprint density at radius 1 is 0.796 bits per heavy atom. The number of benzene rings is 2. The highest BCUT2D eigenvalue weighted by Gasteiger charge is 2.44. The molecule has 22 nitrogen and oxygen atoms in total. The van der Waals surface area contributed by atoms with Gasteiger partial charge >= 0.3 is 11.9 Å². The van der Waals surface area contributed by atoms with Crippen molar-refractivity contribution in [2.24, 2.45) is 0 Å². The minimum atomic E-state index is -2.31. The highest BCUT2D eigenvalue weighted by Crippen LogP contribution is 2.39. The minimum Gasteiger partial charge on any atom is -0.457 e. The van der Waals surface area contributed by atoms with Gasteiger partial charge in [-0.2, -0.15) is 0 Å². The summed E-state index contributed by atoms with van der Waals surface area (Å²) in [5.41, 5.74) is 9.07. The number of hydrogen-bond donors (Lipinski definition) is 6. The number of cyclic esters (lactones) is 1. The van der Waals surface area contributed by atoms with Crippen molar-refractivity contribution in [2.45, 2.75) is 225 Å². The maximum absolute atomic E-state index is 13.7. The molecule has 5 bridgehead atoms. The zero-order chi connectivity index (χ0) is 68.9. The molecule has 10 atom stereocenters. The van der Waals surface area contributed by atoms with E-state index in [1.54, 1.807) is 70.5 Å². The Balaban J connectivity index is 0.000000296. The van der Waals surface area contributed by atoms with Crippen molar-refractivity contribution in [3.05, 3.63) is 108 Å². The van der Waals surface area contributed by atoms with Gasteiger partial charge in [0.1, 0.15) is 48.5 Å². The van der Waals surface area contributed by atoms with Gasteiger partial charge in [-0.15, -0.1) is 0 Å². The number of ether oxygens (including phenoxy) is 2. The number of pyridine rings is 2. The first-order valence-corrected chi connectivity index (χ1v) is 38.1. The molecule has 2 aromatic carbocycles. The maximum Gasteiger partial charge on any atom is 0.325 e. The second-order valence-corrected chi connectivity index (χ2v) is 37.0. The van der Waals surface area contributed by atoms with Crippen LogP contribution in [0.2, 0.25) is 36.3 Å². The number of esters is 2. The third-order valence-corrected chi connectivity index (χ3v) is 27.2. The molecule has 7 rings (SSSR count). The zero-order valence-corrected chi connectivity index (χ0v) is 59.5. The summed E-state index contributed by atoms with van der Waals surface area (Å²) >= 11 is 0. The van der Waals surface area contributed by atoms with Crippen molar-refractivity contribution in [3.63, 3.8) is 0 Å². The Bertz CT molecular complexity index is 3440. The molecule has 0 saturated carbocycles. The van der Waals surface area contributed by atoms with Gasteiger partial charge in [-0.05, 0) is 169 Å². The van der Waals surface area contributed by atoms with Crippen LogP contribution in [0.3, 0.4) is 0 Å². The summed E-state index contributed by atoms with van der Waals surface area (Å²) in [6.45, 7) is 37.5. The van der Waals surface area contributed by atoms with Crippen LogP contribution in [0.25, 0.3) is 33.7 Å². The molecule has 506 valence electrons. The third-order valence-electron chi connectivity index (χ3n) is 18.0. The minimum absolute atomic E-state index is 0.0108. The number of carbonyl (C=O) groups excluding carboxylic acids is 8. The number of carbonyl (C=O) groups is 8. The molecule has 6 N–H and O–H groups in total. The maximum atomic E-state index is 13.7. The number of hydrogen-bond acceptors (Lipinski definition) is 16. The van der Waals surface area contributed by atoms with Crippen molar-refractivity contribution in [3.8, 4) is 0 Å². The Kier molecular flexibility index (Phi) is 25.7. The zero-order valence-electron chi connectivity index (χ0n) is 57.5. The summed E-state index contributed by atoms with van der Waals surface area (Å²) in [7, 11) is -4.60. The van der Waals surface area contributed by atoms with Gasteiger partial charge in [0.2, 0.25) is 23.6 Å². The molecule has 93 heavy (non-hydrogen) atoms. The molecule has 2 saturated heterocycles. The Morgan fingerprint density at radius 2 is 1.44 bits per heavy atom. The van der Waals surface area contributed by atoms with E-state index in [4.69, 9.17) is 18.3 Å². The molecular weight excluding hydrogens is 1220 g/mol. The fourth-order valence-corrected chi connectivity index (χ4v) is 13.2. The first-order valence-electron chi connectivity index (χ1n) is 32.3. The van der Waals surface area contributed by atoms with E-state index in [0.29, 0.717) is 44.5 Å². The number of aromatic nitrogens is 2. The van der Waals surface area contributed by atoms with Gasteiger partial charge in [0.05, 0.1) is 23.6 Å². The summed E-state index contributed by atoms with van der Waals surface area (Å²) in [4.78, 5) is 115. The molecule has 0 unspecified atom stereocenters. The van der Waals surface area contributed by atoms with E-state index in [0.717, 1.165) is 38.4 Å². The van der Waals surface area contributed by atoms with E-state index in [-0.39, 0.29) is 34.7 Å². The average Bonchev–Trinajstić information content (AvgIpc) is 1.20. The van der Waals surface area contributed by atoms with Crippen LogP contribution >= 0.6 is 0 Å². The second kappa shape index (κ2) is 32.1. The Labute approximate surface area is 550 Å². The van der Waals surface area contributed by atoms with Gasteiger partial charge in [-0.1, -0.05) is 90.6 Å². The van der Waals surface area contributed by atoms with Crippen LogP contribution in [0.15, 0.2) is 85.7 Å². The van der Waals surface area contributed by atoms with E-state index >= 15 is 0 Å². The van der Waals surface area contributed by atoms with Gasteiger partial charge in [-0.25, -0.2) is 10.9 Å². The summed E-state index contributed by atoms with van der Waals surface area (Å²) < 4.78 is 24.6. The summed E-state index contributed by atoms with van der Waals surface area (Å²) in [6.07, 6.45) is 12.1. The quantitative estimate of drug-likeness (QED) is 0.0346. The molecule has 2 fully saturated rings. The van der Waals surface area contributed by atoms with Crippen LogP contribution in [0, 0.1) is 0 Å². The predicted molar refractivity (Wildman–Crippen MR) is 366 cm³/mol. The Hall–Kier alpha value is -7.49. The molecule has 24 heteroatoms. The first kappa shape index (κ1) is 74.6. The molecule has 0 aliphatic carbocycles. The van der Waals surface area contributed by atoms with Gasteiger partial charge in [-0.3, -0.25) is 58.3 Å². The van der Waals surface area contributed by atoms with Crippen molar-refractivity contribution in [2.75, 3.05) is 13.1 Å². The number of rotatable bonds is 16. The van der Waals surface area contributed by atoms with E-state index in [2.05, 4.69) is 116 Å². The number of nitrogens with one attached hydrogen (secondary N) is 6. The molecule has 0 radical (unpaired) electrons. The van der Waals surface area contributed by atoms with E-state index < -0.39 is 113 Å². The molecule has 2 aromatic heterocycles. The molecule has 4 aromatic rings. The molecule has 3 aliphatic heterocycles. The summed E-state index contributed by atoms with van der Waals surface area (Å²) in [6, 6.07) is 10.0. The third kappa shape index (κ3) is 20.3. The number of hydrazine groups is 2. The Morgan fingerprint density at radius 3 is 2.11 bits per heavy atom. The van der Waals surface area contributed by atoms with Gasteiger partial charge in [0.15, 0.2) is 16.6 Å². The highest BCUT2D eigenvalue weighted by atomic mass is 28.4. The molecule has 0 spiro atoms. The van der Waals surface area contributed by atoms with Crippen molar-refractivity contribution in [1.29, 1.82) is 0 Å². The SMILES string of the molecule is C=Cc1cc2cc([C@@H](C)OC(=O)[C@@H]3CCCN(C(=O)[C@H](C)NC(=O)[C@@H](NC(=O)C/C=C/C)[C@@H](C)O[Si](C)(C)C(C)(C)C)N3)ccc2cn1.C[C@@H]1NC(=O)[C@H]([C@@H](C)O[Si](C)(C)C(C)(C)C)NC(=O)C/C=C/c2cc3cc(ccc3cn2)[C@@H](C)OC(=O)[C@@H]2CCCN(N2)C1=O. The van der Waals surface area contributed by atoms with Gasteiger partial charge in [0, 0.05) is 49.1 Å². The van der Waals surface area contributed by atoms with Crippen LogP contribution in [0.4, 0.5) is 0 Å². The number of fused-ring (bicyclic) bond motifs is 5. The lowest BCUT2D eigenvalue weighted by Gasteiger charge is -2.40. The van der Waals surface area contributed by atoms with E-state index in [1.807, 2.05) is 69.3 Å². The van der Waals surface area contributed by atoms with E-state index in [1.165, 1.54) is 10.0 Å². The normalized spacial score (nSPS) is 21.8. The van der Waals surface area contributed by atoms with Crippen molar-refractivity contribution < 1.29 is 56.7 Å². The monoisotopic (exact) mass is 1320 g/mol. The van der Waals surface area contributed by atoms with Crippen molar-refractivity contribution >= 4 is 97.7 Å². The summed E-state index contributed by atoms with van der Waals surface area (Å²) in [5.74, 6) is -3.49. The summed E-state index contributed by atoms with van der Waals surface area (Å²) in [5, 5.41) is 17.4. The number of nitrogens with zero attached hydrogens (tertiary/aromatic N) is 4. The predicted octanol–water partition coefficient (Wildman–Crippen LogP) is 9.49. The van der Waals surface area contributed by atoms with Gasteiger partial charge < -0.3 is 39.6 Å². The van der Waals surface area contributed by atoms with E-state index in [9.17, 15) is 38.4 Å². The highest BCUT2D eigenvalue weighted by molar-refractivity contribution is 6.74. The van der Waals surface area contributed by atoms with Crippen LogP contribution in [-0.2, 0) is 56.7 Å². The van der Waals surface area contributed by atoms with Crippen molar-refractivity contribution in [1.82, 2.24) is 52.1 Å². The molecule has 5 heterocycles. The second-order valence-electron chi connectivity index (χ2n) is 27.5. The van der Waals surface area contributed by atoms with Crippen LogP contribution in [-0.4, -0.2) is 146 Å². The largest absolute Gasteiger partial charge is 0.457 e. The molecule has 6 amide bonds. The standard InChI is InChI=1S/C36H53N5O6Si.C33H47N5O6Si/c1-11-13-16-31(42)39-32(25(5)47-48(9,10)36(6,7)8)33(43)38-23(3)34(44)41-19-14-15-30(40-41)35(45)46-24(4)26-17-18-27-22-37-29(12-2)21-28(27)20-26;1-20-31(41)38-16-10-12-27(37-38)32(42)43-21(2)23-14-15-24-19-34-26(18-25(24)17-23)11-9-13-28(39)36-29(30(40)35-20)22(3)44-45(7,8)33(4,5)6/h11-13,17-18,20-25,30,32,40H,2,14-16,19H2,1,3-10H3,(H,38,43)(H,39,42);9,11,14-15,17-22,27,29,37H,10,12-13,16H2,1-8H3,(H,35,40)(H,36,39)/b13-11+;11-9+/t23-,24+,25+,30-,32-;20-,21+,22+,27-,29-/m00/s1. The smallest absolute Gasteiger partial charge is 0.325 e. The lowest BCUT2D eigenvalue weighted by molar-refractivity contribution is -0.158. The number of amides is 6. The van der Waals surface area contributed by atoms with Gasteiger partial charge in [0.25, 0.3) is 11.8 Å². The lowest BCUT2D eigenvalue weighted by atomic mass is 10.0. The fourth-order valence-electron chi connectivity index (χ4n) is 10.3. The van der Waals surface area contributed by atoms with Crippen LogP contribution in [0.1, 0.15) is 163 Å². The molecule has 3 aliphatic rings. The first-order chi connectivity index (χ1) is 43.5. The lowest BCUT2D eigenvalue weighted by Crippen LogP contribution is -2.62. The molecular formula is C69H100N10O12Si2. The fraction of sp³-hybridized carbons (Fsp3) is 0.536. The van der Waals surface area contributed by atoms with Crippen LogP contribution < -0.4 is 32.1 Å². The average molecular weight is 1320 g/mol. The topological polar surface area (TPSA) is 278 Å². The van der Waals surface area contributed by atoms with Crippen LogP contribution in [0.5, 0.6) is 0 Å². The number of allylic oxidation sites excluding steroid dienone is 1.